The molecule has 6 heteroatoms. The Balaban J connectivity index is 2.24. The Morgan fingerprint density at radius 2 is 2.00 bits per heavy atom. The van der Waals surface area contributed by atoms with Crippen molar-refractivity contribution in [1.82, 2.24) is 10.0 Å². The van der Waals surface area contributed by atoms with Gasteiger partial charge in [-0.25, -0.2) is 13.1 Å². The maximum Gasteiger partial charge on any atom is 0.240 e. The van der Waals surface area contributed by atoms with Gasteiger partial charge in [-0.3, -0.25) is 0 Å². The normalized spacial score (nSPS) is 16.5. The summed E-state index contributed by atoms with van der Waals surface area (Å²) in [5.74, 6) is 0.694. The van der Waals surface area contributed by atoms with Gasteiger partial charge in [-0.15, -0.1) is 0 Å². The Morgan fingerprint density at radius 1 is 1.30 bits per heavy atom. The molecule has 0 amide bonds. The first-order valence-electron chi connectivity index (χ1n) is 6.90. The molecule has 1 fully saturated rings. The average Bonchev–Trinajstić information content (AvgIpc) is 2.91. The van der Waals surface area contributed by atoms with Gasteiger partial charge in [-0.05, 0) is 38.1 Å². The van der Waals surface area contributed by atoms with Crippen molar-refractivity contribution in [1.29, 1.82) is 0 Å². The lowest BCUT2D eigenvalue weighted by Gasteiger charge is -2.14. The summed E-state index contributed by atoms with van der Waals surface area (Å²) in [4.78, 5) is 0.301. The van der Waals surface area contributed by atoms with Crippen molar-refractivity contribution < 1.29 is 13.2 Å². The summed E-state index contributed by atoms with van der Waals surface area (Å²) in [5, 5.41) is 3.02. The highest BCUT2D eigenvalue weighted by atomic mass is 32.2. The second-order valence-corrected chi connectivity index (χ2v) is 6.82. The van der Waals surface area contributed by atoms with E-state index in [0.29, 0.717) is 17.2 Å². The van der Waals surface area contributed by atoms with Crippen LogP contribution < -0.4 is 14.8 Å². The molecule has 2 rings (SSSR count). The molecule has 5 nitrogen and oxygen atoms in total. The fourth-order valence-corrected chi connectivity index (χ4v) is 3.94. The van der Waals surface area contributed by atoms with E-state index in [1.54, 1.807) is 25.3 Å². The zero-order chi connectivity index (χ0) is 14.6. The lowest BCUT2D eigenvalue weighted by Crippen LogP contribution is -2.32. The van der Waals surface area contributed by atoms with Crippen LogP contribution in [-0.4, -0.2) is 28.6 Å². The number of sulfonamides is 1. The standard InChI is InChI=1S/C14H22N2O3S/c1-15-10-11-9-13(7-8-14(11)19-2)20(17,18)16-12-5-3-4-6-12/h7-9,12,15-16H,3-6,10H2,1-2H3. The van der Waals surface area contributed by atoms with E-state index in [0.717, 1.165) is 31.2 Å². The van der Waals surface area contributed by atoms with Gasteiger partial charge in [0.25, 0.3) is 0 Å². The summed E-state index contributed by atoms with van der Waals surface area (Å²) < 4.78 is 32.8. The van der Waals surface area contributed by atoms with Crippen molar-refractivity contribution >= 4 is 10.0 Å². The molecule has 2 N–H and O–H groups in total. The van der Waals surface area contributed by atoms with Crippen molar-refractivity contribution in [3.05, 3.63) is 23.8 Å². The highest BCUT2D eigenvalue weighted by Gasteiger charge is 2.23. The fourth-order valence-electron chi connectivity index (χ4n) is 2.58. The summed E-state index contributed by atoms with van der Waals surface area (Å²) in [7, 11) is -0.0432. The van der Waals surface area contributed by atoms with Crippen molar-refractivity contribution in [2.75, 3.05) is 14.2 Å². The first-order valence-corrected chi connectivity index (χ1v) is 8.39. The predicted octanol–water partition coefficient (Wildman–Crippen LogP) is 1.64. The molecule has 0 spiro atoms. The number of nitrogens with one attached hydrogen (secondary N) is 2. The van der Waals surface area contributed by atoms with E-state index < -0.39 is 10.0 Å². The number of benzene rings is 1. The quantitative estimate of drug-likeness (QED) is 0.838. The lowest BCUT2D eigenvalue weighted by atomic mass is 10.2. The summed E-state index contributed by atoms with van der Waals surface area (Å²) >= 11 is 0. The van der Waals surface area contributed by atoms with E-state index in [-0.39, 0.29) is 6.04 Å². The van der Waals surface area contributed by atoms with Crippen LogP contribution >= 0.6 is 0 Å². The maximum absolute atomic E-state index is 12.4. The number of ether oxygens (including phenoxy) is 1. The van der Waals surface area contributed by atoms with Gasteiger partial charge in [-0.2, -0.15) is 0 Å². The van der Waals surface area contributed by atoms with E-state index in [9.17, 15) is 8.42 Å². The molecule has 112 valence electrons. The molecule has 0 unspecified atom stereocenters. The zero-order valence-electron chi connectivity index (χ0n) is 12.0. The molecule has 0 radical (unpaired) electrons. The van der Waals surface area contributed by atoms with Gasteiger partial charge in [-0.1, -0.05) is 12.8 Å². The number of rotatable bonds is 6. The second-order valence-electron chi connectivity index (χ2n) is 5.11. The molecule has 1 aliphatic carbocycles. The smallest absolute Gasteiger partial charge is 0.240 e. The van der Waals surface area contributed by atoms with Crippen LogP contribution in [0.1, 0.15) is 31.2 Å². The van der Waals surface area contributed by atoms with Crippen molar-refractivity contribution in [3.8, 4) is 5.75 Å². The summed E-state index contributed by atoms with van der Waals surface area (Å²) in [6, 6.07) is 5.05. The number of methoxy groups -OCH3 is 1. The van der Waals surface area contributed by atoms with Gasteiger partial charge in [0.05, 0.1) is 12.0 Å². The SMILES string of the molecule is CNCc1cc(S(=O)(=O)NC2CCCC2)ccc1OC. The van der Waals surface area contributed by atoms with Crippen molar-refractivity contribution in [2.45, 2.75) is 43.2 Å². The summed E-state index contributed by atoms with van der Waals surface area (Å²) in [6.07, 6.45) is 4.05. The van der Waals surface area contributed by atoms with Gasteiger partial charge < -0.3 is 10.1 Å². The third-order valence-corrected chi connectivity index (χ3v) is 5.12. The monoisotopic (exact) mass is 298 g/mol. The van der Waals surface area contributed by atoms with Crippen LogP contribution in [0.5, 0.6) is 5.75 Å². The van der Waals surface area contributed by atoms with Crippen molar-refractivity contribution in [3.63, 3.8) is 0 Å². The molecule has 1 aromatic carbocycles. The Bertz CT molecular complexity index is 552. The highest BCUT2D eigenvalue weighted by Crippen LogP contribution is 2.24. The lowest BCUT2D eigenvalue weighted by molar-refractivity contribution is 0.408. The maximum atomic E-state index is 12.4. The minimum atomic E-state index is -3.44. The molecule has 0 saturated heterocycles. The topological polar surface area (TPSA) is 67.4 Å². The molecular formula is C14H22N2O3S. The minimum Gasteiger partial charge on any atom is -0.496 e. The van der Waals surface area contributed by atoms with Gasteiger partial charge in [0.1, 0.15) is 5.75 Å². The van der Waals surface area contributed by atoms with Crippen LogP contribution in [0.2, 0.25) is 0 Å². The summed E-state index contributed by atoms with van der Waals surface area (Å²) in [5.41, 5.74) is 0.837. The first kappa shape index (κ1) is 15.3. The van der Waals surface area contributed by atoms with E-state index >= 15 is 0 Å². The Morgan fingerprint density at radius 3 is 2.60 bits per heavy atom. The molecule has 0 bridgehead atoms. The molecular weight excluding hydrogens is 276 g/mol. The van der Waals surface area contributed by atoms with Gasteiger partial charge in [0.15, 0.2) is 0 Å². The van der Waals surface area contributed by atoms with Gasteiger partial charge >= 0.3 is 0 Å². The number of hydrogen-bond donors (Lipinski definition) is 2. The predicted molar refractivity (Wildman–Crippen MR) is 78.3 cm³/mol. The van der Waals surface area contributed by atoms with E-state index in [1.165, 1.54) is 0 Å². The largest absolute Gasteiger partial charge is 0.496 e. The molecule has 20 heavy (non-hydrogen) atoms. The number of hydrogen-bond acceptors (Lipinski definition) is 4. The van der Waals surface area contributed by atoms with Gasteiger partial charge in [0, 0.05) is 18.2 Å². The van der Waals surface area contributed by atoms with E-state index in [1.807, 2.05) is 7.05 Å². The Kier molecular flexibility index (Phi) is 5.01. The van der Waals surface area contributed by atoms with Crippen LogP contribution in [-0.2, 0) is 16.6 Å². The molecule has 0 heterocycles. The van der Waals surface area contributed by atoms with Crippen LogP contribution in [0.4, 0.5) is 0 Å². The fraction of sp³-hybridized carbons (Fsp3) is 0.571. The highest BCUT2D eigenvalue weighted by molar-refractivity contribution is 7.89. The minimum absolute atomic E-state index is 0.0786. The first-order chi connectivity index (χ1) is 9.56. The molecule has 1 aliphatic rings. The second kappa shape index (κ2) is 6.56. The van der Waals surface area contributed by atoms with Crippen LogP contribution in [0.3, 0.4) is 0 Å². The Hall–Kier alpha value is -1.11. The van der Waals surface area contributed by atoms with E-state index in [4.69, 9.17) is 4.74 Å². The molecule has 1 saturated carbocycles. The third-order valence-electron chi connectivity index (χ3n) is 3.61. The molecule has 0 atom stereocenters. The van der Waals surface area contributed by atoms with Gasteiger partial charge in [0.2, 0.25) is 10.0 Å². The average molecular weight is 298 g/mol. The molecule has 0 aromatic heterocycles. The molecule has 0 aliphatic heterocycles. The summed E-state index contributed by atoms with van der Waals surface area (Å²) in [6.45, 7) is 0.565. The third kappa shape index (κ3) is 3.50. The van der Waals surface area contributed by atoms with Crippen LogP contribution in [0.25, 0.3) is 0 Å². The van der Waals surface area contributed by atoms with Crippen LogP contribution in [0, 0.1) is 0 Å². The van der Waals surface area contributed by atoms with Crippen LogP contribution in [0.15, 0.2) is 23.1 Å². The zero-order valence-corrected chi connectivity index (χ0v) is 12.8. The van der Waals surface area contributed by atoms with E-state index in [2.05, 4.69) is 10.0 Å². The van der Waals surface area contributed by atoms with Crippen molar-refractivity contribution in [2.24, 2.45) is 0 Å². The molecule has 1 aromatic rings. The Labute approximate surface area is 120 Å².